The molecule has 0 spiro atoms. The molecule has 5 nitrogen and oxygen atoms in total. The SMILES string of the molecule is CNC(C)CNS(=O)(=O)c1cncc(Br)c1. The number of hydrogen-bond acceptors (Lipinski definition) is 4. The first-order valence-electron chi connectivity index (χ1n) is 4.73. The van der Waals surface area contributed by atoms with E-state index in [1.165, 1.54) is 18.5 Å². The van der Waals surface area contributed by atoms with E-state index in [9.17, 15) is 8.42 Å². The van der Waals surface area contributed by atoms with Crippen LogP contribution in [-0.2, 0) is 10.0 Å². The molecule has 0 aliphatic heterocycles. The fraction of sp³-hybridized carbons (Fsp3) is 0.444. The van der Waals surface area contributed by atoms with Gasteiger partial charge in [-0.05, 0) is 36.0 Å². The van der Waals surface area contributed by atoms with Crippen LogP contribution >= 0.6 is 15.9 Å². The van der Waals surface area contributed by atoms with Gasteiger partial charge in [-0.2, -0.15) is 0 Å². The molecule has 1 aromatic rings. The van der Waals surface area contributed by atoms with Crippen molar-refractivity contribution in [1.82, 2.24) is 15.0 Å². The molecule has 0 fully saturated rings. The number of nitrogens with one attached hydrogen (secondary N) is 2. The molecule has 2 N–H and O–H groups in total. The van der Waals surface area contributed by atoms with Gasteiger partial charge in [-0.1, -0.05) is 0 Å². The van der Waals surface area contributed by atoms with Gasteiger partial charge in [-0.25, -0.2) is 13.1 Å². The summed E-state index contributed by atoms with van der Waals surface area (Å²) in [4.78, 5) is 3.97. The summed E-state index contributed by atoms with van der Waals surface area (Å²) in [5, 5.41) is 2.95. The molecule has 0 aliphatic rings. The molecular formula is C9H14BrN3O2S. The summed E-state index contributed by atoms with van der Waals surface area (Å²) in [5.74, 6) is 0. The summed E-state index contributed by atoms with van der Waals surface area (Å²) in [5.41, 5.74) is 0. The lowest BCUT2D eigenvalue weighted by Crippen LogP contribution is -2.37. The monoisotopic (exact) mass is 307 g/mol. The Balaban J connectivity index is 2.78. The number of halogens is 1. The smallest absolute Gasteiger partial charge is 0.242 e. The maximum Gasteiger partial charge on any atom is 0.242 e. The van der Waals surface area contributed by atoms with Crippen molar-refractivity contribution < 1.29 is 8.42 Å². The van der Waals surface area contributed by atoms with Gasteiger partial charge in [0.2, 0.25) is 10.0 Å². The van der Waals surface area contributed by atoms with E-state index in [1.54, 1.807) is 7.05 Å². The van der Waals surface area contributed by atoms with E-state index in [0.717, 1.165) is 0 Å². The molecule has 90 valence electrons. The maximum atomic E-state index is 11.8. The number of aromatic nitrogens is 1. The van der Waals surface area contributed by atoms with Crippen LogP contribution in [0.2, 0.25) is 0 Å². The number of pyridine rings is 1. The first kappa shape index (κ1) is 13.6. The van der Waals surface area contributed by atoms with Gasteiger partial charge in [0, 0.05) is 29.5 Å². The molecule has 1 aromatic heterocycles. The molecule has 0 saturated carbocycles. The van der Waals surface area contributed by atoms with Crippen molar-refractivity contribution in [3.8, 4) is 0 Å². The molecule has 1 atom stereocenters. The maximum absolute atomic E-state index is 11.8. The van der Waals surface area contributed by atoms with Crippen LogP contribution in [0.15, 0.2) is 27.8 Å². The summed E-state index contributed by atoms with van der Waals surface area (Å²) < 4.78 is 26.7. The van der Waals surface area contributed by atoms with Crippen molar-refractivity contribution in [2.24, 2.45) is 0 Å². The van der Waals surface area contributed by atoms with E-state index < -0.39 is 10.0 Å². The second-order valence-corrected chi connectivity index (χ2v) is 6.06. The molecule has 0 aromatic carbocycles. The molecule has 0 aliphatic carbocycles. The predicted molar refractivity (Wildman–Crippen MR) is 65.6 cm³/mol. The van der Waals surface area contributed by atoms with E-state index in [0.29, 0.717) is 11.0 Å². The highest BCUT2D eigenvalue weighted by Gasteiger charge is 2.15. The molecule has 16 heavy (non-hydrogen) atoms. The van der Waals surface area contributed by atoms with Crippen LogP contribution in [-0.4, -0.2) is 33.0 Å². The third-order valence-corrected chi connectivity index (χ3v) is 3.89. The van der Waals surface area contributed by atoms with Gasteiger partial charge in [-0.3, -0.25) is 4.98 Å². The fourth-order valence-electron chi connectivity index (χ4n) is 0.959. The van der Waals surface area contributed by atoms with Crippen LogP contribution in [0, 0.1) is 0 Å². The Morgan fingerprint density at radius 3 is 2.75 bits per heavy atom. The highest BCUT2D eigenvalue weighted by atomic mass is 79.9. The van der Waals surface area contributed by atoms with Gasteiger partial charge in [0.1, 0.15) is 4.90 Å². The predicted octanol–water partition coefficient (Wildman–Crippen LogP) is 0.730. The zero-order valence-electron chi connectivity index (χ0n) is 9.07. The van der Waals surface area contributed by atoms with Gasteiger partial charge in [0.15, 0.2) is 0 Å². The highest BCUT2D eigenvalue weighted by Crippen LogP contribution is 2.13. The summed E-state index contributed by atoms with van der Waals surface area (Å²) in [6.07, 6.45) is 2.85. The highest BCUT2D eigenvalue weighted by molar-refractivity contribution is 9.10. The Bertz CT molecular complexity index is 450. The number of nitrogens with zero attached hydrogens (tertiary/aromatic N) is 1. The van der Waals surface area contributed by atoms with Crippen molar-refractivity contribution in [3.05, 3.63) is 22.9 Å². The minimum atomic E-state index is -3.47. The van der Waals surface area contributed by atoms with E-state index in [2.05, 4.69) is 31.0 Å². The van der Waals surface area contributed by atoms with Gasteiger partial charge in [0.25, 0.3) is 0 Å². The standard InChI is InChI=1S/C9H14BrN3O2S/c1-7(11-2)4-13-16(14,15)9-3-8(10)5-12-6-9/h3,5-7,11,13H,4H2,1-2H3. The molecule has 1 rings (SSSR count). The van der Waals surface area contributed by atoms with Crippen molar-refractivity contribution in [2.75, 3.05) is 13.6 Å². The largest absolute Gasteiger partial charge is 0.316 e. The molecule has 0 radical (unpaired) electrons. The van der Waals surface area contributed by atoms with E-state index >= 15 is 0 Å². The average Bonchev–Trinajstić information content (AvgIpc) is 2.26. The molecular weight excluding hydrogens is 294 g/mol. The Labute approximate surface area is 104 Å². The third-order valence-electron chi connectivity index (χ3n) is 2.06. The molecule has 0 amide bonds. The first-order chi connectivity index (χ1) is 7.45. The number of likely N-dealkylation sites (N-methyl/N-ethyl adjacent to an activating group) is 1. The van der Waals surface area contributed by atoms with Crippen LogP contribution in [0.3, 0.4) is 0 Å². The van der Waals surface area contributed by atoms with Gasteiger partial charge in [-0.15, -0.1) is 0 Å². The lowest BCUT2D eigenvalue weighted by atomic mass is 10.4. The summed E-state index contributed by atoms with van der Waals surface area (Å²) >= 11 is 3.18. The van der Waals surface area contributed by atoms with Gasteiger partial charge in [0.05, 0.1) is 0 Å². The lowest BCUT2D eigenvalue weighted by molar-refractivity contribution is 0.554. The van der Waals surface area contributed by atoms with E-state index in [-0.39, 0.29) is 10.9 Å². The molecule has 7 heteroatoms. The minimum Gasteiger partial charge on any atom is -0.316 e. The fourth-order valence-corrected chi connectivity index (χ4v) is 2.59. The molecule has 0 saturated heterocycles. The van der Waals surface area contributed by atoms with E-state index in [1.807, 2.05) is 6.92 Å². The van der Waals surface area contributed by atoms with Crippen LogP contribution < -0.4 is 10.0 Å². The second-order valence-electron chi connectivity index (χ2n) is 3.38. The summed E-state index contributed by atoms with van der Waals surface area (Å²) in [7, 11) is -1.69. The topological polar surface area (TPSA) is 71.1 Å². The van der Waals surface area contributed by atoms with Crippen LogP contribution in [0.4, 0.5) is 0 Å². The second kappa shape index (κ2) is 5.72. The van der Waals surface area contributed by atoms with Crippen molar-refractivity contribution >= 4 is 26.0 Å². The van der Waals surface area contributed by atoms with Crippen LogP contribution in [0.1, 0.15) is 6.92 Å². The Kier molecular flexibility index (Phi) is 4.85. The zero-order valence-corrected chi connectivity index (χ0v) is 11.5. The Morgan fingerprint density at radius 2 is 2.19 bits per heavy atom. The Hall–Kier alpha value is -0.500. The number of rotatable bonds is 5. The quantitative estimate of drug-likeness (QED) is 0.841. The molecule has 0 bridgehead atoms. The van der Waals surface area contributed by atoms with Crippen molar-refractivity contribution in [3.63, 3.8) is 0 Å². The Morgan fingerprint density at radius 1 is 1.50 bits per heavy atom. The number of hydrogen-bond donors (Lipinski definition) is 2. The van der Waals surface area contributed by atoms with Crippen molar-refractivity contribution in [1.29, 1.82) is 0 Å². The molecule has 1 unspecified atom stereocenters. The minimum absolute atomic E-state index is 0.0786. The summed E-state index contributed by atoms with van der Waals surface area (Å²) in [6.45, 7) is 2.23. The average molecular weight is 308 g/mol. The third kappa shape index (κ3) is 3.82. The van der Waals surface area contributed by atoms with E-state index in [4.69, 9.17) is 0 Å². The zero-order chi connectivity index (χ0) is 12.2. The number of sulfonamides is 1. The van der Waals surface area contributed by atoms with Gasteiger partial charge >= 0.3 is 0 Å². The van der Waals surface area contributed by atoms with Crippen LogP contribution in [0.25, 0.3) is 0 Å². The normalized spacial score (nSPS) is 13.7. The first-order valence-corrected chi connectivity index (χ1v) is 7.01. The van der Waals surface area contributed by atoms with Gasteiger partial charge < -0.3 is 5.32 Å². The van der Waals surface area contributed by atoms with Crippen molar-refractivity contribution in [2.45, 2.75) is 17.9 Å². The van der Waals surface area contributed by atoms with Crippen LogP contribution in [0.5, 0.6) is 0 Å². The summed E-state index contributed by atoms with van der Waals surface area (Å²) in [6, 6.07) is 1.59. The molecule has 1 heterocycles. The lowest BCUT2D eigenvalue weighted by Gasteiger charge is -2.11.